The Morgan fingerprint density at radius 3 is 2.46 bits per heavy atom. The number of nitrogens with two attached hydrogens (primary N) is 1. The molecule has 0 aliphatic rings. The van der Waals surface area contributed by atoms with Crippen molar-refractivity contribution in [3.63, 3.8) is 0 Å². The predicted octanol–water partition coefficient (Wildman–Crippen LogP) is 4.05. The summed E-state index contributed by atoms with van der Waals surface area (Å²) < 4.78 is 10.8. The highest BCUT2D eigenvalue weighted by Crippen LogP contribution is 2.29. The summed E-state index contributed by atoms with van der Waals surface area (Å²) in [5.74, 6) is 0.288. The van der Waals surface area contributed by atoms with E-state index < -0.39 is 0 Å². The van der Waals surface area contributed by atoms with E-state index in [0.29, 0.717) is 42.3 Å². The highest BCUT2D eigenvalue weighted by Gasteiger charge is 2.18. The monoisotopic (exact) mass is 384 g/mol. The van der Waals surface area contributed by atoms with Crippen LogP contribution in [0.3, 0.4) is 0 Å². The van der Waals surface area contributed by atoms with E-state index in [1.807, 2.05) is 24.3 Å². The van der Waals surface area contributed by atoms with Gasteiger partial charge in [-0.3, -0.25) is 9.59 Å². The largest absolute Gasteiger partial charge is 0.491 e. The Morgan fingerprint density at radius 1 is 1.00 bits per heavy atom. The highest BCUT2D eigenvalue weighted by molar-refractivity contribution is 6.09. The number of rotatable bonds is 10. The third kappa shape index (κ3) is 6.01. The number of anilines is 2. The molecule has 0 fully saturated rings. The third-order valence-corrected chi connectivity index (χ3v) is 4.31. The Balaban J connectivity index is 1.91. The van der Waals surface area contributed by atoms with Crippen molar-refractivity contribution in [2.75, 3.05) is 30.9 Å². The molecule has 0 aromatic heterocycles. The normalized spacial score (nSPS) is 10.4. The van der Waals surface area contributed by atoms with Crippen LogP contribution in [-0.2, 0) is 9.53 Å². The fourth-order valence-corrected chi connectivity index (χ4v) is 2.80. The van der Waals surface area contributed by atoms with Crippen molar-refractivity contribution in [3.8, 4) is 5.75 Å². The summed E-state index contributed by atoms with van der Waals surface area (Å²) in [6.45, 7) is 2.73. The summed E-state index contributed by atoms with van der Waals surface area (Å²) in [4.78, 5) is 25.7. The molecule has 0 aliphatic heterocycles. The second kappa shape index (κ2) is 11.0. The first-order valence-corrected chi connectivity index (χ1v) is 9.54. The number of carbonyl (C=O) groups excluding carboxylic acids is 2. The maximum Gasteiger partial charge on any atom is 0.305 e. The van der Waals surface area contributed by atoms with E-state index >= 15 is 0 Å². The van der Waals surface area contributed by atoms with Crippen molar-refractivity contribution in [2.24, 2.45) is 0 Å². The minimum Gasteiger partial charge on any atom is -0.491 e. The van der Waals surface area contributed by atoms with Gasteiger partial charge in [-0.15, -0.1) is 0 Å². The number of para-hydroxylation sites is 3. The van der Waals surface area contributed by atoms with Crippen LogP contribution in [0.25, 0.3) is 0 Å². The molecule has 6 heteroatoms. The molecular formula is C22H28N2O4. The van der Waals surface area contributed by atoms with Crippen molar-refractivity contribution in [1.82, 2.24) is 0 Å². The van der Waals surface area contributed by atoms with Gasteiger partial charge in [0.15, 0.2) is 0 Å². The molecule has 0 atom stereocenters. The highest BCUT2D eigenvalue weighted by atomic mass is 16.5. The minimum absolute atomic E-state index is 0.158. The Labute approximate surface area is 166 Å². The number of amides is 1. The van der Waals surface area contributed by atoms with Gasteiger partial charge in [-0.05, 0) is 50.5 Å². The maximum atomic E-state index is 12.8. The number of esters is 1. The zero-order valence-electron chi connectivity index (χ0n) is 16.5. The van der Waals surface area contributed by atoms with Gasteiger partial charge in [-0.1, -0.05) is 24.3 Å². The average molecular weight is 384 g/mol. The molecule has 2 aromatic rings. The Kier molecular flexibility index (Phi) is 8.34. The molecule has 0 unspecified atom stereocenters. The van der Waals surface area contributed by atoms with Gasteiger partial charge in [0, 0.05) is 19.2 Å². The smallest absolute Gasteiger partial charge is 0.305 e. The van der Waals surface area contributed by atoms with Crippen LogP contribution in [0.15, 0.2) is 48.5 Å². The van der Waals surface area contributed by atoms with Crippen molar-refractivity contribution in [1.29, 1.82) is 0 Å². The van der Waals surface area contributed by atoms with Crippen molar-refractivity contribution in [2.45, 2.75) is 32.6 Å². The van der Waals surface area contributed by atoms with Crippen LogP contribution in [0.5, 0.6) is 5.75 Å². The van der Waals surface area contributed by atoms with E-state index in [-0.39, 0.29) is 11.9 Å². The van der Waals surface area contributed by atoms with E-state index in [4.69, 9.17) is 15.2 Å². The second-order valence-corrected chi connectivity index (χ2v) is 6.38. The van der Waals surface area contributed by atoms with Crippen LogP contribution in [-0.4, -0.2) is 32.1 Å². The lowest BCUT2D eigenvalue weighted by Crippen LogP contribution is -2.27. The fraction of sp³-hybridized carbons (Fsp3) is 0.364. The van der Waals surface area contributed by atoms with Gasteiger partial charge in [0.2, 0.25) is 0 Å². The average Bonchev–Trinajstić information content (AvgIpc) is 2.70. The van der Waals surface area contributed by atoms with E-state index in [9.17, 15) is 9.59 Å². The van der Waals surface area contributed by atoms with Crippen LogP contribution in [0.4, 0.5) is 11.4 Å². The third-order valence-electron chi connectivity index (χ3n) is 4.31. The molecule has 0 aliphatic carbocycles. The van der Waals surface area contributed by atoms with Crippen LogP contribution < -0.4 is 15.4 Å². The quantitative estimate of drug-likeness (QED) is 0.380. The lowest BCUT2D eigenvalue weighted by Gasteiger charge is -2.21. The minimum atomic E-state index is -0.191. The molecule has 0 saturated carbocycles. The summed E-state index contributed by atoms with van der Waals surface area (Å²) in [5.41, 5.74) is 7.51. The molecule has 6 nitrogen and oxygen atoms in total. The first-order valence-electron chi connectivity index (χ1n) is 9.54. The molecule has 2 rings (SSSR count). The standard InChI is InChI=1S/C22H28N2O4/c1-3-27-21(25)15-5-4-10-16-28-20-14-9-8-13-19(20)24(2)22(26)17-11-6-7-12-18(17)23/h6-9,11-14H,3-5,10,15-16,23H2,1-2H3. The number of nitrogens with zero attached hydrogens (tertiary/aromatic N) is 1. The van der Waals surface area contributed by atoms with Gasteiger partial charge >= 0.3 is 5.97 Å². The number of hydrogen-bond donors (Lipinski definition) is 1. The summed E-state index contributed by atoms with van der Waals surface area (Å²) >= 11 is 0. The molecule has 0 spiro atoms. The van der Waals surface area contributed by atoms with E-state index in [1.54, 1.807) is 43.1 Å². The maximum absolute atomic E-state index is 12.8. The molecule has 0 heterocycles. The zero-order valence-corrected chi connectivity index (χ0v) is 16.5. The number of nitrogen functional groups attached to an aromatic ring is 1. The van der Waals surface area contributed by atoms with Gasteiger partial charge in [0.05, 0.1) is 24.5 Å². The molecule has 0 saturated heterocycles. The number of ether oxygens (including phenoxy) is 2. The van der Waals surface area contributed by atoms with Gasteiger partial charge in [-0.25, -0.2) is 0 Å². The first kappa shape index (κ1) is 21.3. The predicted molar refractivity (Wildman–Crippen MR) is 111 cm³/mol. The van der Waals surface area contributed by atoms with Gasteiger partial charge < -0.3 is 20.1 Å². The number of unbranched alkanes of at least 4 members (excludes halogenated alkanes) is 2. The van der Waals surface area contributed by atoms with E-state index in [2.05, 4.69) is 0 Å². The van der Waals surface area contributed by atoms with Gasteiger partial charge in [0.1, 0.15) is 5.75 Å². The van der Waals surface area contributed by atoms with Crippen LogP contribution in [0.1, 0.15) is 43.0 Å². The summed E-state index contributed by atoms with van der Waals surface area (Å²) in [6.07, 6.45) is 2.89. The Morgan fingerprint density at radius 2 is 1.71 bits per heavy atom. The van der Waals surface area contributed by atoms with Gasteiger partial charge in [0.25, 0.3) is 5.91 Å². The van der Waals surface area contributed by atoms with Crippen LogP contribution in [0.2, 0.25) is 0 Å². The summed E-state index contributed by atoms with van der Waals surface area (Å²) in [6, 6.07) is 14.4. The Bertz CT molecular complexity index is 792. The Hall–Kier alpha value is -3.02. The first-order chi connectivity index (χ1) is 13.5. The van der Waals surface area contributed by atoms with Crippen LogP contribution in [0, 0.1) is 0 Å². The number of hydrogen-bond acceptors (Lipinski definition) is 5. The number of carbonyl (C=O) groups is 2. The molecule has 0 radical (unpaired) electrons. The number of benzene rings is 2. The lowest BCUT2D eigenvalue weighted by molar-refractivity contribution is -0.143. The van der Waals surface area contributed by atoms with Crippen molar-refractivity contribution in [3.05, 3.63) is 54.1 Å². The molecule has 0 bridgehead atoms. The van der Waals surface area contributed by atoms with Crippen molar-refractivity contribution >= 4 is 23.3 Å². The SMILES string of the molecule is CCOC(=O)CCCCCOc1ccccc1N(C)C(=O)c1ccccc1N. The van der Waals surface area contributed by atoms with Gasteiger partial charge in [-0.2, -0.15) is 0 Å². The van der Waals surface area contributed by atoms with Crippen molar-refractivity contribution < 1.29 is 19.1 Å². The summed E-state index contributed by atoms with van der Waals surface area (Å²) in [7, 11) is 1.70. The second-order valence-electron chi connectivity index (χ2n) is 6.38. The van der Waals surface area contributed by atoms with Crippen LogP contribution >= 0.6 is 0 Å². The molecule has 150 valence electrons. The lowest BCUT2D eigenvalue weighted by atomic mass is 10.1. The molecule has 2 N–H and O–H groups in total. The topological polar surface area (TPSA) is 81.9 Å². The van der Waals surface area contributed by atoms with E-state index in [1.165, 1.54) is 0 Å². The molecule has 2 aromatic carbocycles. The van der Waals surface area contributed by atoms with E-state index in [0.717, 1.165) is 19.3 Å². The summed E-state index contributed by atoms with van der Waals surface area (Å²) in [5, 5.41) is 0. The fourth-order valence-electron chi connectivity index (χ4n) is 2.80. The zero-order chi connectivity index (χ0) is 20.4. The molecule has 1 amide bonds. The molecular weight excluding hydrogens is 356 g/mol. The molecule has 28 heavy (non-hydrogen) atoms.